The third-order valence-corrected chi connectivity index (χ3v) is 5.24. The Balaban J connectivity index is 2.31. The molecule has 1 N–H and O–H groups in total. The molecular formula is C19H22ClN5O5S. The van der Waals surface area contributed by atoms with Crippen LogP contribution < -0.4 is 5.32 Å². The number of carbonyl (C=O) groups excluding carboxylic acids is 1. The van der Waals surface area contributed by atoms with E-state index in [9.17, 15) is 25.0 Å². The average molecular weight is 468 g/mol. The van der Waals surface area contributed by atoms with E-state index in [1.807, 2.05) is 20.8 Å². The van der Waals surface area contributed by atoms with E-state index < -0.39 is 26.4 Å². The standard InChI is InChI=1S/C19H22ClN5O5S/c1-4-6-23(7-5-2)19(26)21-13-8-12(3)9-14(10-13)31-16-11-15(24(27)28)17(25(29)30)18(20)22-16/h8-11H,4-7H2,1-3H3,(H,21,26). The van der Waals surface area contributed by atoms with Gasteiger partial charge in [-0.25, -0.2) is 9.78 Å². The van der Waals surface area contributed by atoms with Crippen LogP contribution in [-0.4, -0.2) is 38.9 Å². The second-order valence-electron chi connectivity index (χ2n) is 6.69. The number of anilines is 1. The number of rotatable bonds is 9. The number of nitro groups is 2. The lowest BCUT2D eigenvalue weighted by Gasteiger charge is -2.22. The average Bonchev–Trinajstić information content (AvgIpc) is 2.66. The maximum Gasteiger partial charge on any atom is 0.383 e. The Bertz CT molecular complexity index is 998. The van der Waals surface area contributed by atoms with Crippen LogP contribution in [-0.2, 0) is 0 Å². The number of halogens is 1. The van der Waals surface area contributed by atoms with Crippen molar-refractivity contribution < 1.29 is 14.6 Å². The second-order valence-corrected chi connectivity index (χ2v) is 8.14. The number of benzene rings is 1. The van der Waals surface area contributed by atoms with E-state index in [1.54, 1.807) is 23.1 Å². The van der Waals surface area contributed by atoms with E-state index in [4.69, 9.17) is 11.6 Å². The number of aromatic nitrogens is 1. The Kier molecular flexibility index (Phi) is 8.57. The summed E-state index contributed by atoms with van der Waals surface area (Å²) in [5.41, 5.74) is -0.170. The summed E-state index contributed by atoms with van der Waals surface area (Å²) in [5, 5.41) is 24.8. The molecule has 2 aromatic rings. The molecule has 0 atom stereocenters. The minimum Gasteiger partial charge on any atom is -0.325 e. The fourth-order valence-corrected chi connectivity index (χ4v) is 4.18. The molecule has 0 saturated carbocycles. The van der Waals surface area contributed by atoms with E-state index in [0.717, 1.165) is 36.2 Å². The fourth-order valence-electron chi connectivity index (χ4n) is 2.89. The number of hydrogen-bond acceptors (Lipinski definition) is 7. The van der Waals surface area contributed by atoms with E-state index in [2.05, 4.69) is 10.3 Å². The van der Waals surface area contributed by atoms with Gasteiger partial charge in [0.05, 0.1) is 15.9 Å². The van der Waals surface area contributed by atoms with Crippen LogP contribution in [0.25, 0.3) is 0 Å². The zero-order valence-corrected chi connectivity index (χ0v) is 18.8. The Morgan fingerprint density at radius 3 is 2.32 bits per heavy atom. The largest absolute Gasteiger partial charge is 0.383 e. The maximum absolute atomic E-state index is 12.6. The monoisotopic (exact) mass is 467 g/mol. The van der Waals surface area contributed by atoms with Crippen LogP contribution in [0.2, 0.25) is 5.15 Å². The second kappa shape index (κ2) is 10.9. The van der Waals surface area contributed by atoms with Crippen LogP contribution in [0.15, 0.2) is 34.2 Å². The Labute approximate surface area is 188 Å². The van der Waals surface area contributed by atoms with E-state index in [0.29, 0.717) is 23.7 Å². The van der Waals surface area contributed by atoms with Crippen molar-refractivity contribution in [3.63, 3.8) is 0 Å². The molecule has 1 aromatic heterocycles. The highest BCUT2D eigenvalue weighted by atomic mass is 35.5. The summed E-state index contributed by atoms with van der Waals surface area (Å²) in [6.07, 6.45) is 1.68. The SMILES string of the molecule is CCCN(CCC)C(=O)Nc1cc(C)cc(Sc2cc([N+](=O)[O-])c([N+](=O)[O-])c(Cl)n2)c1. The molecule has 2 rings (SSSR count). The first-order chi connectivity index (χ1) is 14.7. The summed E-state index contributed by atoms with van der Waals surface area (Å²) in [7, 11) is 0. The summed E-state index contributed by atoms with van der Waals surface area (Å²) >= 11 is 6.88. The van der Waals surface area contributed by atoms with Gasteiger partial charge in [0.2, 0.25) is 5.15 Å². The number of nitrogens with one attached hydrogen (secondary N) is 1. The Hall–Kier alpha value is -2.92. The van der Waals surface area contributed by atoms with Crippen molar-refractivity contribution in [2.24, 2.45) is 0 Å². The summed E-state index contributed by atoms with van der Waals surface area (Å²) in [4.78, 5) is 39.4. The molecule has 0 aliphatic carbocycles. The van der Waals surface area contributed by atoms with Gasteiger partial charge in [-0.2, -0.15) is 0 Å². The van der Waals surface area contributed by atoms with E-state index >= 15 is 0 Å². The lowest BCUT2D eigenvalue weighted by atomic mass is 10.2. The topological polar surface area (TPSA) is 132 Å². The Morgan fingerprint density at radius 2 is 1.77 bits per heavy atom. The molecule has 0 spiro atoms. The van der Waals surface area contributed by atoms with Gasteiger partial charge >= 0.3 is 17.4 Å². The third-order valence-electron chi connectivity index (χ3n) is 4.08. The van der Waals surface area contributed by atoms with Crippen molar-refractivity contribution >= 4 is 46.5 Å². The van der Waals surface area contributed by atoms with Crippen LogP contribution in [0.3, 0.4) is 0 Å². The molecule has 0 unspecified atom stereocenters. The molecular weight excluding hydrogens is 446 g/mol. The maximum atomic E-state index is 12.6. The molecule has 31 heavy (non-hydrogen) atoms. The van der Waals surface area contributed by atoms with Gasteiger partial charge in [0.1, 0.15) is 5.03 Å². The van der Waals surface area contributed by atoms with Crippen LogP contribution in [0.1, 0.15) is 32.3 Å². The van der Waals surface area contributed by atoms with Crippen molar-refractivity contribution in [2.75, 3.05) is 18.4 Å². The van der Waals surface area contributed by atoms with Gasteiger partial charge in [0.25, 0.3) is 0 Å². The van der Waals surface area contributed by atoms with Crippen LogP contribution >= 0.6 is 23.4 Å². The number of carbonyl (C=O) groups is 1. The molecule has 0 fully saturated rings. The van der Waals surface area contributed by atoms with Gasteiger partial charge in [-0.3, -0.25) is 20.2 Å². The first-order valence-electron chi connectivity index (χ1n) is 9.51. The van der Waals surface area contributed by atoms with Gasteiger partial charge in [-0.05, 0) is 43.5 Å². The molecule has 0 saturated heterocycles. The summed E-state index contributed by atoms with van der Waals surface area (Å²) in [5.74, 6) is 0. The molecule has 2 amide bonds. The molecule has 0 bridgehead atoms. The van der Waals surface area contributed by atoms with E-state index in [-0.39, 0.29) is 11.1 Å². The highest BCUT2D eigenvalue weighted by Gasteiger charge is 2.30. The zero-order valence-electron chi connectivity index (χ0n) is 17.3. The van der Waals surface area contributed by atoms with Crippen molar-refractivity contribution in [2.45, 2.75) is 43.5 Å². The highest BCUT2D eigenvalue weighted by molar-refractivity contribution is 7.99. The van der Waals surface area contributed by atoms with Crippen molar-refractivity contribution in [3.8, 4) is 0 Å². The molecule has 10 nitrogen and oxygen atoms in total. The summed E-state index contributed by atoms with van der Waals surface area (Å²) in [6.45, 7) is 7.12. The van der Waals surface area contributed by atoms with Gasteiger partial charge in [-0.1, -0.05) is 37.2 Å². The first-order valence-corrected chi connectivity index (χ1v) is 10.7. The zero-order chi connectivity index (χ0) is 23.1. The number of nitrogens with zero attached hydrogens (tertiary/aromatic N) is 4. The lowest BCUT2D eigenvalue weighted by Crippen LogP contribution is -2.36. The quantitative estimate of drug-likeness (QED) is 0.285. The summed E-state index contributed by atoms with van der Waals surface area (Å²) < 4.78 is 0. The molecule has 166 valence electrons. The van der Waals surface area contributed by atoms with Crippen molar-refractivity contribution in [1.82, 2.24) is 9.88 Å². The van der Waals surface area contributed by atoms with E-state index in [1.165, 1.54) is 0 Å². The molecule has 1 heterocycles. The van der Waals surface area contributed by atoms with Crippen molar-refractivity contribution in [1.29, 1.82) is 0 Å². The fraction of sp³-hybridized carbons (Fsp3) is 0.368. The van der Waals surface area contributed by atoms with Crippen LogP contribution in [0, 0.1) is 27.2 Å². The minimum absolute atomic E-state index is 0.128. The third kappa shape index (κ3) is 6.53. The minimum atomic E-state index is -0.930. The number of urea groups is 1. The number of amides is 2. The predicted octanol–water partition coefficient (Wildman–Crippen LogP) is 5.66. The molecule has 0 radical (unpaired) electrons. The van der Waals surface area contributed by atoms with Crippen molar-refractivity contribution in [3.05, 3.63) is 55.2 Å². The van der Waals surface area contributed by atoms with Crippen LogP contribution in [0.4, 0.5) is 21.9 Å². The molecule has 0 aliphatic heterocycles. The summed E-state index contributed by atoms with van der Waals surface area (Å²) in [6, 6.07) is 6.11. The predicted molar refractivity (Wildman–Crippen MR) is 119 cm³/mol. The molecule has 12 heteroatoms. The lowest BCUT2D eigenvalue weighted by molar-refractivity contribution is -0.422. The highest BCUT2D eigenvalue weighted by Crippen LogP contribution is 2.38. The van der Waals surface area contributed by atoms with Gasteiger partial charge in [0, 0.05) is 23.7 Å². The first kappa shape index (κ1) is 24.4. The van der Waals surface area contributed by atoms with Gasteiger partial charge in [-0.15, -0.1) is 0 Å². The molecule has 0 aliphatic rings. The molecule has 1 aromatic carbocycles. The van der Waals surface area contributed by atoms with Gasteiger partial charge < -0.3 is 10.2 Å². The normalized spacial score (nSPS) is 10.6. The smallest absolute Gasteiger partial charge is 0.325 e. The number of aryl methyl sites for hydroxylation is 1. The number of hydrogen-bond donors (Lipinski definition) is 1. The van der Waals surface area contributed by atoms with Crippen LogP contribution in [0.5, 0.6) is 0 Å². The number of pyridine rings is 1. The van der Waals surface area contributed by atoms with Gasteiger partial charge in [0.15, 0.2) is 0 Å². The Morgan fingerprint density at radius 1 is 1.13 bits per heavy atom.